The summed E-state index contributed by atoms with van der Waals surface area (Å²) in [5, 5.41) is 14.7. The minimum Gasteiger partial charge on any atom is -0.423 e. The first kappa shape index (κ1) is 20.9. The molecule has 1 aliphatic carbocycles. The molecule has 1 saturated carbocycles. The Morgan fingerprint density at radius 1 is 1.18 bits per heavy atom. The van der Waals surface area contributed by atoms with Crippen LogP contribution in [0.15, 0.2) is 53.3 Å². The molecule has 0 unspecified atom stereocenters. The Balaban J connectivity index is 1.34. The second-order valence-electron chi connectivity index (χ2n) is 8.82. The van der Waals surface area contributed by atoms with E-state index < -0.39 is 0 Å². The van der Waals surface area contributed by atoms with Gasteiger partial charge in [-0.3, -0.25) is 0 Å². The van der Waals surface area contributed by atoms with Gasteiger partial charge >= 0.3 is 0 Å². The average Bonchev–Trinajstić information content (AvgIpc) is 3.51. The van der Waals surface area contributed by atoms with Crippen molar-refractivity contribution in [1.29, 1.82) is 0 Å². The summed E-state index contributed by atoms with van der Waals surface area (Å²) in [5.41, 5.74) is 12.2. The van der Waals surface area contributed by atoms with E-state index in [1.165, 1.54) is 6.33 Å². The van der Waals surface area contributed by atoms with Crippen molar-refractivity contribution in [3.63, 3.8) is 0 Å². The fourth-order valence-electron chi connectivity index (χ4n) is 4.86. The van der Waals surface area contributed by atoms with Crippen LogP contribution in [0.5, 0.6) is 0 Å². The molecule has 1 aliphatic rings. The molecule has 2 aromatic carbocycles. The lowest BCUT2D eigenvalue weighted by Crippen LogP contribution is -2.07. The van der Waals surface area contributed by atoms with Crippen LogP contribution in [0.25, 0.3) is 33.3 Å². The molecular formula is C25H23ClN6O2. The molecule has 0 spiro atoms. The van der Waals surface area contributed by atoms with Gasteiger partial charge in [0.2, 0.25) is 0 Å². The molecule has 6 rings (SSSR count). The Morgan fingerprint density at radius 2 is 2.00 bits per heavy atom. The van der Waals surface area contributed by atoms with E-state index >= 15 is 0 Å². The van der Waals surface area contributed by atoms with Gasteiger partial charge in [0.25, 0.3) is 6.01 Å². The van der Waals surface area contributed by atoms with Crippen LogP contribution in [0.1, 0.15) is 30.9 Å². The van der Waals surface area contributed by atoms with E-state index in [4.69, 9.17) is 21.8 Å². The summed E-state index contributed by atoms with van der Waals surface area (Å²) in [5.74, 6) is 0.444. The third-order valence-electron chi connectivity index (χ3n) is 6.50. The van der Waals surface area contributed by atoms with E-state index in [-0.39, 0.29) is 12.1 Å². The van der Waals surface area contributed by atoms with Gasteiger partial charge in [-0.25, -0.2) is 9.97 Å². The lowest BCUT2D eigenvalue weighted by Gasteiger charge is -2.12. The maximum atomic E-state index is 10.0. The van der Waals surface area contributed by atoms with Crippen LogP contribution in [0.4, 0.5) is 17.5 Å². The highest BCUT2D eigenvalue weighted by Gasteiger charge is 2.27. The van der Waals surface area contributed by atoms with Gasteiger partial charge in [0, 0.05) is 28.5 Å². The zero-order valence-electron chi connectivity index (χ0n) is 18.5. The Morgan fingerprint density at radius 3 is 2.76 bits per heavy atom. The molecule has 3 aromatic heterocycles. The van der Waals surface area contributed by atoms with Gasteiger partial charge in [-0.1, -0.05) is 23.7 Å². The number of nitrogens with zero attached hydrogens (tertiary/aromatic N) is 4. The molecule has 0 amide bonds. The molecule has 9 heteroatoms. The minimum absolute atomic E-state index is 0.192. The number of fused-ring (bicyclic) bond motifs is 2. The monoisotopic (exact) mass is 474 g/mol. The van der Waals surface area contributed by atoms with Gasteiger partial charge in [-0.15, -0.1) is 0 Å². The van der Waals surface area contributed by atoms with Crippen molar-refractivity contribution in [2.75, 3.05) is 11.1 Å². The van der Waals surface area contributed by atoms with Crippen LogP contribution in [-0.4, -0.2) is 30.7 Å². The summed E-state index contributed by atoms with van der Waals surface area (Å²) in [6.45, 7) is 1.94. The summed E-state index contributed by atoms with van der Waals surface area (Å²) >= 11 is 6.14. The number of aliphatic hydroxyl groups is 1. The normalized spacial score (nSPS) is 18.2. The topological polar surface area (TPSA) is 115 Å². The Kier molecular flexibility index (Phi) is 4.93. The molecule has 172 valence electrons. The first-order valence-electron chi connectivity index (χ1n) is 11.2. The summed E-state index contributed by atoms with van der Waals surface area (Å²) < 4.78 is 8.01. The molecule has 1 fully saturated rings. The van der Waals surface area contributed by atoms with Crippen molar-refractivity contribution in [1.82, 2.24) is 19.5 Å². The molecule has 2 atom stereocenters. The number of halogens is 1. The lowest BCUT2D eigenvalue weighted by atomic mass is 10.1. The number of aryl methyl sites for hydroxylation is 1. The van der Waals surface area contributed by atoms with Crippen molar-refractivity contribution in [2.24, 2.45) is 0 Å². The molecule has 0 saturated heterocycles. The Bertz CT molecular complexity index is 1520. The van der Waals surface area contributed by atoms with E-state index in [0.29, 0.717) is 34.4 Å². The number of anilines is 3. The Hall–Kier alpha value is -3.62. The SMILES string of the molecule is Cc1cc(Cl)cc2nc(Nc3ccc(-c4cn([C@H]5CC[C@@H](O)C5)c5ncnc(N)c45)cc3)oc12. The van der Waals surface area contributed by atoms with Crippen LogP contribution < -0.4 is 11.1 Å². The van der Waals surface area contributed by atoms with Gasteiger partial charge in [0.05, 0.1) is 11.5 Å². The van der Waals surface area contributed by atoms with Crippen molar-refractivity contribution in [3.05, 3.63) is 59.5 Å². The zero-order chi connectivity index (χ0) is 23.4. The highest BCUT2D eigenvalue weighted by molar-refractivity contribution is 6.31. The second-order valence-corrected chi connectivity index (χ2v) is 9.26. The number of benzene rings is 2. The zero-order valence-corrected chi connectivity index (χ0v) is 19.3. The number of aromatic nitrogens is 4. The predicted molar refractivity (Wildman–Crippen MR) is 133 cm³/mol. The summed E-state index contributed by atoms with van der Waals surface area (Å²) in [7, 11) is 0. The van der Waals surface area contributed by atoms with Gasteiger partial charge in [-0.05, 0) is 61.6 Å². The number of oxazole rings is 1. The van der Waals surface area contributed by atoms with E-state index in [0.717, 1.165) is 46.3 Å². The van der Waals surface area contributed by atoms with Gasteiger partial charge in [-0.2, -0.15) is 4.98 Å². The third-order valence-corrected chi connectivity index (χ3v) is 6.72. The van der Waals surface area contributed by atoms with Gasteiger partial charge < -0.3 is 25.1 Å². The number of hydrogen-bond acceptors (Lipinski definition) is 7. The molecular weight excluding hydrogens is 452 g/mol. The fourth-order valence-corrected chi connectivity index (χ4v) is 5.13. The molecule has 4 N–H and O–H groups in total. The van der Waals surface area contributed by atoms with Crippen molar-refractivity contribution >= 4 is 51.3 Å². The highest BCUT2D eigenvalue weighted by atomic mass is 35.5. The Labute approximate surface area is 200 Å². The van der Waals surface area contributed by atoms with Crippen LogP contribution in [0.2, 0.25) is 5.02 Å². The number of rotatable bonds is 4. The quantitative estimate of drug-likeness (QED) is 0.310. The molecule has 8 nitrogen and oxygen atoms in total. The summed E-state index contributed by atoms with van der Waals surface area (Å²) in [6, 6.07) is 12.2. The van der Waals surface area contributed by atoms with Crippen LogP contribution >= 0.6 is 11.6 Å². The van der Waals surface area contributed by atoms with Crippen molar-refractivity contribution in [3.8, 4) is 11.1 Å². The maximum Gasteiger partial charge on any atom is 0.300 e. The summed E-state index contributed by atoms with van der Waals surface area (Å²) in [4.78, 5) is 13.2. The first-order chi connectivity index (χ1) is 16.5. The highest BCUT2D eigenvalue weighted by Crippen LogP contribution is 2.39. The number of hydrogen-bond donors (Lipinski definition) is 3. The number of nitrogens with two attached hydrogens (primary N) is 1. The minimum atomic E-state index is -0.276. The average molecular weight is 475 g/mol. The number of nitrogens with one attached hydrogen (secondary N) is 1. The first-order valence-corrected chi connectivity index (χ1v) is 11.6. The molecule has 5 aromatic rings. The fraction of sp³-hybridized carbons (Fsp3) is 0.240. The second kappa shape index (κ2) is 8.00. The third kappa shape index (κ3) is 3.55. The molecule has 0 aliphatic heterocycles. The van der Waals surface area contributed by atoms with E-state index in [2.05, 4.69) is 31.0 Å². The van der Waals surface area contributed by atoms with Crippen molar-refractivity contribution < 1.29 is 9.52 Å². The molecule has 3 heterocycles. The number of nitrogen functional groups attached to an aromatic ring is 1. The van der Waals surface area contributed by atoms with E-state index in [9.17, 15) is 5.11 Å². The molecule has 0 bridgehead atoms. The van der Waals surface area contributed by atoms with Crippen molar-refractivity contribution in [2.45, 2.75) is 38.3 Å². The number of aliphatic hydroxyl groups excluding tert-OH is 1. The van der Waals surface area contributed by atoms with E-state index in [1.807, 2.05) is 37.3 Å². The van der Waals surface area contributed by atoms with Crippen LogP contribution in [0.3, 0.4) is 0 Å². The molecule has 0 radical (unpaired) electrons. The maximum absolute atomic E-state index is 10.0. The van der Waals surface area contributed by atoms with Gasteiger partial charge in [0.1, 0.15) is 23.3 Å². The smallest absolute Gasteiger partial charge is 0.300 e. The lowest BCUT2D eigenvalue weighted by molar-refractivity contribution is 0.178. The van der Waals surface area contributed by atoms with Gasteiger partial charge in [0.15, 0.2) is 5.58 Å². The molecule has 34 heavy (non-hydrogen) atoms. The predicted octanol–water partition coefficient (Wildman–Crippen LogP) is 5.61. The van der Waals surface area contributed by atoms with Crippen LogP contribution in [-0.2, 0) is 0 Å². The van der Waals surface area contributed by atoms with Crippen LogP contribution in [0, 0.1) is 6.92 Å². The standard InChI is InChI=1S/C25H23ClN6O2/c1-13-8-15(26)9-20-22(13)34-25(31-20)30-16-4-2-14(3-5-16)19-11-32(17-6-7-18(33)10-17)24-21(19)23(27)28-12-29-24/h2-5,8-9,11-12,17-18,33H,6-7,10H2,1H3,(H,30,31)(H2,27,28,29)/t17-,18+/m0/s1. The van der Waals surface area contributed by atoms with E-state index in [1.54, 1.807) is 6.07 Å². The largest absolute Gasteiger partial charge is 0.423 e. The summed E-state index contributed by atoms with van der Waals surface area (Å²) in [6.07, 6.45) is 5.71.